The summed E-state index contributed by atoms with van der Waals surface area (Å²) in [5, 5.41) is 0. The molecule has 0 saturated carbocycles. The van der Waals surface area contributed by atoms with E-state index in [-0.39, 0.29) is 0 Å². The van der Waals surface area contributed by atoms with Gasteiger partial charge >= 0.3 is 0 Å². The summed E-state index contributed by atoms with van der Waals surface area (Å²) in [4.78, 5) is 0. The number of hydrogen-bond donors (Lipinski definition) is 0. The van der Waals surface area contributed by atoms with Gasteiger partial charge in [-0.2, -0.15) is 4.40 Å². The fourth-order valence-electron chi connectivity index (χ4n) is 3.13. The summed E-state index contributed by atoms with van der Waals surface area (Å²) < 4.78 is 40.2. The third kappa shape index (κ3) is 6.79. The maximum absolute atomic E-state index is 12.4. The fraction of sp³-hybridized carbons (Fsp3) is 0.458. The first-order valence-corrected chi connectivity index (χ1v) is 11.4. The van der Waals surface area contributed by atoms with Gasteiger partial charge in [-0.05, 0) is 31.9 Å². The lowest BCUT2D eigenvalue weighted by atomic mass is 10.1. The molecule has 168 valence electrons. The second kappa shape index (κ2) is 11.1. The average molecular weight is 446 g/mol. The van der Waals surface area contributed by atoms with Gasteiger partial charge in [0.25, 0.3) is 0 Å². The molecule has 3 rings (SSSR count). The van der Waals surface area contributed by atoms with Crippen molar-refractivity contribution in [3.05, 3.63) is 71.8 Å². The molecule has 1 unspecified atom stereocenters. The van der Waals surface area contributed by atoms with Crippen molar-refractivity contribution in [3.8, 4) is 0 Å². The van der Waals surface area contributed by atoms with Crippen molar-refractivity contribution in [1.29, 1.82) is 0 Å². The third-order valence-corrected chi connectivity index (χ3v) is 6.20. The summed E-state index contributed by atoms with van der Waals surface area (Å²) >= 11 is 0. The number of rotatable bonds is 9. The highest BCUT2D eigenvalue weighted by atomic mass is 32.2. The SMILES string of the molecule is CO[C@H]1O[C@@H](/C=N/S(=O)C(C)(C)C)[C@@H](OCc2ccccc2)[C@@H]1OCc1ccccc1. The maximum atomic E-state index is 12.4. The Morgan fingerprint density at radius 2 is 1.45 bits per heavy atom. The van der Waals surface area contributed by atoms with Crippen LogP contribution in [0.5, 0.6) is 0 Å². The van der Waals surface area contributed by atoms with Crippen molar-refractivity contribution < 1.29 is 23.2 Å². The van der Waals surface area contributed by atoms with Gasteiger partial charge in [0.05, 0.1) is 18.0 Å². The van der Waals surface area contributed by atoms with Crippen LogP contribution in [0.4, 0.5) is 0 Å². The summed E-state index contributed by atoms with van der Waals surface area (Å²) in [5.74, 6) is 0. The number of nitrogens with zero attached hydrogens (tertiary/aromatic N) is 1. The number of methoxy groups -OCH3 is 1. The Bertz CT molecular complexity index is 853. The van der Waals surface area contributed by atoms with Gasteiger partial charge in [0.2, 0.25) is 0 Å². The molecule has 31 heavy (non-hydrogen) atoms. The highest BCUT2D eigenvalue weighted by Crippen LogP contribution is 2.28. The predicted octanol–water partition coefficient (Wildman–Crippen LogP) is 4.06. The molecule has 6 nitrogen and oxygen atoms in total. The molecular formula is C24H31NO5S. The van der Waals surface area contributed by atoms with Gasteiger partial charge in [-0.25, -0.2) is 4.21 Å². The molecule has 1 fully saturated rings. The Morgan fingerprint density at radius 1 is 0.935 bits per heavy atom. The molecule has 1 saturated heterocycles. The van der Waals surface area contributed by atoms with E-state index in [9.17, 15) is 4.21 Å². The molecule has 0 radical (unpaired) electrons. The molecule has 0 spiro atoms. The van der Waals surface area contributed by atoms with Crippen LogP contribution in [-0.4, -0.2) is 46.9 Å². The monoisotopic (exact) mass is 445 g/mol. The lowest BCUT2D eigenvalue weighted by Crippen LogP contribution is -2.38. The molecule has 2 aromatic rings. The van der Waals surface area contributed by atoms with Crippen LogP contribution in [0.3, 0.4) is 0 Å². The quantitative estimate of drug-likeness (QED) is 0.545. The molecule has 0 aromatic heterocycles. The molecule has 0 amide bonds. The second-order valence-corrected chi connectivity index (χ2v) is 10.3. The van der Waals surface area contributed by atoms with Gasteiger partial charge in [-0.3, -0.25) is 0 Å². The Kier molecular flexibility index (Phi) is 8.51. The molecule has 0 bridgehead atoms. The standard InChI is InChI=1S/C24H31NO5S/c1-24(2,3)31(26)25-15-20-21(28-16-18-11-7-5-8-12-18)22(23(27-4)30-20)29-17-19-13-9-6-10-14-19/h5-15,20-23H,16-17H2,1-4H3/b25-15+/t20-,21+,22-,23-,31?/m0/s1. The largest absolute Gasteiger partial charge is 0.367 e. The molecule has 1 aliphatic rings. The molecule has 0 N–H and O–H groups in total. The molecule has 2 aromatic carbocycles. The summed E-state index contributed by atoms with van der Waals surface area (Å²) in [6.45, 7) is 6.43. The normalized spacial score (nSPS) is 25.2. The predicted molar refractivity (Wildman–Crippen MR) is 122 cm³/mol. The lowest BCUT2D eigenvalue weighted by Gasteiger charge is -2.23. The van der Waals surface area contributed by atoms with Crippen molar-refractivity contribution in [2.45, 2.75) is 63.3 Å². The van der Waals surface area contributed by atoms with Gasteiger partial charge in [0.15, 0.2) is 6.29 Å². The van der Waals surface area contributed by atoms with Crippen LogP contribution in [0, 0.1) is 0 Å². The van der Waals surface area contributed by atoms with E-state index in [0.29, 0.717) is 13.2 Å². The average Bonchev–Trinajstić information content (AvgIpc) is 3.11. The van der Waals surface area contributed by atoms with Crippen LogP contribution in [0.25, 0.3) is 0 Å². The van der Waals surface area contributed by atoms with E-state index < -0.39 is 40.3 Å². The maximum Gasteiger partial charge on any atom is 0.186 e. The minimum Gasteiger partial charge on any atom is -0.367 e. The van der Waals surface area contributed by atoms with Crippen LogP contribution >= 0.6 is 0 Å². The van der Waals surface area contributed by atoms with E-state index in [2.05, 4.69) is 4.40 Å². The van der Waals surface area contributed by atoms with Gasteiger partial charge in [-0.1, -0.05) is 60.7 Å². The van der Waals surface area contributed by atoms with Crippen LogP contribution < -0.4 is 0 Å². The topological polar surface area (TPSA) is 66.4 Å². The molecule has 1 heterocycles. The first kappa shape index (κ1) is 23.8. The first-order valence-electron chi connectivity index (χ1n) is 10.3. The molecule has 7 heteroatoms. The van der Waals surface area contributed by atoms with E-state index in [1.165, 1.54) is 0 Å². The van der Waals surface area contributed by atoms with Gasteiger partial charge in [0, 0.05) is 13.3 Å². The Balaban J connectivity index is 1.77. The summed E-state index contributed by atoms with van der Waals surface area (Å²) in [7, 11) is 0.180. The lowest BCUT2D eigenvalue weighted by molar-refractivity contribution is -0.162. The van der Waals surface area contributed by atoms with Crippen molar-refractivity contribution >= 4 is 17.2 Å². The summed E-state index contributed by atoms with van der Waals surface area (Å²) in [6.07, 6.45) is -0.526. The van der Waals surface area contributed by atoms with E-state index >= 15 is 0 Å². The third-order valence-electron chi connectivity index (χ3n) is 4.84. The van der Waals surface area contributed by atoms with Crippen LogP contribution in [0.2, 0.25) is 0 Å². The number of benzene rings is 2. The highest BCUT2D eigenvalue weighted by molar-refractivity contribution is 7.85. The molecular weight excluding hydrogens is 414 g/mol. The van der Waals surface area contributed by atoms with Gasteiger partial charge in [-0.15, -0.1) is 0 Å². The zero-order valence-electron chi connectivity index (χ0n) is 18.5. The summed E-state index contributed by atoms with van der Waals surface area (Å²) in [5.41, 5.74) is 2.09. The second-order valence-electron chi connectivity index (χ2n) is 8.34. The van der Waals surface area contributed by atoms with Crippen LogP contribution in [0.1, 0.15) is 31.9 Å². The van der Waals surface area contributed by atoms with Crippen LogP contribution in [-0.2, 0) is 43.1 Å². The Hall–Kier alpha value is -1.90. The minimum atomic E-state index is -1.39. The van der Waals surface area contributed by atoms with Crippen molar-refractivity contribution in [2.24, 2.45) is 4.40 Å². The van der Waals surface area contributed by atoms with E-state index in [1.54, 1.807) is 13.3 Å². The van der Waals surface area contributed by atoms with Crippen molar-refractivity contribution in [2.75, 3.05) is 7.11 Å². The van der Waals surface area contributed by atoms with Crippen LogP contribution in [0.15, 0.2) is 65.1 Å². The number of ether oxygens (including phenoxy) is 4. The van der Waals surface area contributed by atoms with E-state index in [4.69, 9.17) is 18.9 Å². The molecule has 0 aliphatic carbocycles. The number of hydrogen-bond acceptors (Lipinski definition) is 5. The first-order chi connectivity index (χ1) is 14.9. The van der Waals surface area contributed by atoms with Gasteiger partial charge < -0.3 is 18.9 Å². The van der Waals surface area contributed by atoms with E-state index in [1.807, 2.05) is 81.4 Å². The summed E-state index contributed by atoms with van der Waals surface area (Å²) in [6, 6.07) is 19.8. The van der Waals surface area contributed by atoms with E-state index in [0.717, 1.165) is 11.1 Å². The smallest absolute Gasteiger partial charge is 0.186 e. The fourth-order valence-corrected chi connectivity index (χ4v) is 3.68. The van der Waals surface area contributed by atoms with Crippen molar-refractivity contribution in [1.82, 2.24) is 0 Å². The Labute approximate surface area is 187 Å². The van der Waals surface area contributed by atoms with Gasteiger partial charge in [0.1, 0.15) is 29.3 Å². The molecule has 1 aliphatic heterocycles. The highest BCUT2D eigenvalue weighted by Gasteiger charge is 2.46. The minimum absolute atomic E-state index is 0.392. The van der Waals surface area contributed by atoms with Crippen molar-refractivity contribution in [3.63, 3.8) is 0 Å². The Morgan fingerprint density at radius 3 is 1.94 bits per heavy atom. The zero-order chi connectivity index (χ0) is 22.3. The molecule has 5 atom stereocenters. The zero-order valence-corrected chi connectivity index (χ0v) is 19.3.